The van der Waals surface area contributed by atoms with Gasteiger partial charge in [-0.3, -0.25) is 4.98 Å². The van der Waals surface area contributed by atoms with Crippen molar-refractivity contribution < 1.29 is 9.90 Å². The molecule has 1 aromatic heterocycles. The van der Waals surface area contributed by atoms with Crippen LogP contribution < -0.4 is 5.32 Å². The predicted octanol–water partition coefficient (Wildman–Crippen LogP) is 2.93. The summed E-state index contributed by atoms with van der Waals surface area (Å²) >= 11 is 6.21. The van der Waals surface area contributed by atoms with Crippen molar-refractivity contribution in [3.05, 3.63) is 64.9 Å². The number of carbonyl (C=O) groups is 1. The van der Waals surface area contributed by atoms with Crippen molar-refractivity contribution in [2.24, 2.45) is 0 Å². The molecule has 2 heterocycles. The number of amides is 2. The van der Waals surface area contributed by atoms with E-state index in [1.807, 2.05) is 30.3 Å². The van der Waals surface area contributed by atoms with Gasteiger partial charge in [0.1, 0.15) is 0 Å². The molecule has 6 heteroatoms. The minimum atomic E-state index is -0.972. The summed E-state index contributed by atoms with van der Waals surface area (Å²) in [5.74, 6) is 0. The average molecular weight is 346 g/mol. The molecule has 1 aliphatic rings. The van der Waals surface area contributed by atoms with Gasteiger partial charge in [-0.1, -0.05) is 29.8 Å². The topological polar surface area (TPSA) is 65.5 Å². The second kappa shape index (κ2) is 7.20. The third kappa shape index (κ3) is 3.68. The number of hydrogen-bond donors (Lipinski definition) is 2. The first-order valence-electron chi connectivity index (χ1n) is 7.97. The smallest absolute Gasteiger partial charge is 0.317 e. The number of carbonyl (C=O) groups excluding carboxylic acids is 1. The summed E-state index contributed by atoms with van der Waals surface area (Å²) < 4.78 is 0. The van der Waals surface area contributed by atoms with E-state index in [-0.39, 0.29) is 6.03 Å². The first-order valence-corrected chi connectivity index (χ1v) is 8.35. The summed E-state index contributed by atoms with van der Waals surface area (Å²) in [6, 6.07) is 11.0. The van der Waals surface area contributed by atoms with E-state index in [0.29, 0.717) is 37.5 Å². The maximum absolute atomic E-state index is 12.3. The van der Waals surface area contributed by atoms with E-state index in [4.69, 9.17) is 11.6 Å². The molecule has 0 saturated carbocycles. The van der Waals surface area contributed by atoms with Gasteiger partial charge in [0.25, 0.3) is 0 Å². The highest BCUT2D eigenvalue weighted by Crippen LogP contribution is 2.36. The van der Waals surface area contributed by atoms with Crippen molar-refractivity contribution in [2.45, 2.75) is 25.0 Å². The predicted molar refractivity (Wildman–Crippen MR) is 92.6 cm³/mol. The Morgan fingerprint density at radius 2 is 1.88 bits per heavy atom. The average Bonchev–Trinajstić information content (AvgIpc) is 2.61. The van der Waals surface area contributed by atoms with E-state index in [2.05, 4.69) is 10.3 Å². The minimum Gasteiger partial charge on any atom is -0.385 e. The van der Waals surface area contributed by atoms with E-state index in [1.54, 1.807) is 23.4 Å². The van der Waals surface area contributed by atoms with Crippen LogP contribution in [0.2, 0.25) is 5.02 Å². The van der Waals surface area contributed by atoms with Crippen LogP contribution in [-0.4, -0.2) is 34.1 Å². The van der Waals surface area contributed by atoms with E-state index in [1.165, 1.54) is 0 Å². The van der Waals surface area contributed by atoms with E-state index in [0.717, 1.165) is 11.1 Å². The number of urea groups is 1. The lowest BCUT2D eigenvalue weighted by Gasteiger charge is -2.38. The summed E-state index contributed by atoms with van der Waals surface area (Å²) in [7, 11) is 0. The van der Waals surface area contributed by atoms with Crippen molar-refractivity contribution in [3.8, 4) is 0 Å². The Hall–Kier alpha value is -2.11. The quantitative estimate of drug-likeness (QED) is 0.899. The van der Waals surface area contributed by atoms with Crippen LogP contribution in [0.3, 0.4) is 0 Å². The molecule has 5 nitrogen and oxygen atoms in total. The van der Waals surface area contributed by atoms with E-state index >= 15 is 0 Å². The number of aliphatic hydroxyl groups is 1. The van der Waals surface area contributed by atoms with Gasteiger partial charge in [0.05, 0.1) is 5.60 Å². The third-order valence-electron chi connectivity index (χ3n) is 4.45. The molecule has 2 N–H and O–H groups in total. The van der Waals surface area contributed by atoms with Crippen molar-refractivity contribution >= 4 is 17.6 Å². The Morgan fingerprint density at radius 1 is 1.21 bits per heavy atom. The normalized spacial score (nSPS) is 16.7. The van der Waals surface area contributed by atoms with Crippen LogP contribution in [0.15, 0.2) is 48.8 Å². The zero-order valence-corrected chi connectivity index (χ0v) is 14.0. The molecule has 24 heavy (non-hydrogen) atoms. The van der Waals surface area contributed by atoms with Crippen molar-refractivity contribution in [1.29, 1.82) is 0 Å². The largest absolute Gasteiger partial charge is 0.385 e. The SMILES string of the molecule is O=C(NCc1ccncc1)N1CCC(O)(c2ccccc2Cl)CC1. The van der Waals surface area contributed by atoms with E-state index in [9.17, 15) is 9.90 Å². The van der Waals surface area contributed by atoms with Crippen molar-refractivity contribution in [3.63, 3.8) is 0 Å². The Kier molecular flexibility index (Phi) is 5.02. The monoisotopic (exact) mass is 345 g/mol. The fourth-order valence-electron chi connectivity index (χ4n) is 2.98. The van der Waals surface area contributed by atoms with Gasteiger partial charge in [0.2, 0.25) is 0 Å². The number of likely N-dealkylation sites (tertiary alicyclic amines) is 1. The molecule has 3 rings (SSSR count). The maximum Gasteiger partial charge on any atom is 0.317 e. The van der Waals surface area contributed by atoms with Gasteiger partial charge in [0, 0.05) is 42.6 Å². The zero-order valence-electron chi connectivity index (χ0n) is 13.3. The summed E-state index contributed by atoms with van der Waals surface area (Å²) in [4.78, 5) is 18.0. The van der Waals surface area contributed by atoms with Crippen LogP contribution in [0.4, 0.5) is 4.79 Å². The van der Waals surface area contributed by atoms with Gasteiger partial charge >= 0.3 is 6.03 Å². The number of hydrogen-bond acceptors (Lipinski definition) is 3. The molecule has 0 atom stereocenters. The second-order valence-electron chi connectivity index (χ2n) is 6.01. The van der Waals surface area contributed by atoms with Crippen LogP contribution in [0.25, 0.3) is 0 Å². The number of pyridine rings is 1. The van der Waals surface area contributed by atoms with Gasteiger partial charge in [-0.2, -0.15) is 0 Å². The molecule has 0 radical (unpaired) electrons. The number of piperidine rings is 1. The number of rotatable bonds is 3. The fraction of sp³-hybridized carbons (Fsp3) is 0.333. The molecule has 2 amide bonds. The Bertz CT molecular complexity index is 700. The molecular weight excluding hydrogens is 326 g/mol. The summed E-state index contributed by atoms with van der Waals surface area (Å²) in [6.45, 7) is 1.44. The molecule has 2 aromatic rings. The molecular formula is C18H20ClN3O2. The van der Waals surface area contributed by atoms with Crippen LogP contribution in [0.5, 0.6) is 0 Å². The molecule has 1 fully saturated rings. The van der Waals surface area contributed by atoms with Gasteiger partial charge in [0.15, 0.2) is 0 Å². The van der Waals surface area contributed by atoms with Gasteiger partial charge in [-0.15, -0.1) is 0 Å². The number of benzene rings is 1. The molecule has 1 aromatic carbocycles. The first kappa shape index (κ1) is 16.7. The maximum atomic E-state index is 12.3. The second-order valence-corrected chi connectivity index (χ2v) is 6.42. The molecule has 1 saturated heterocycles. The summed E-state index contributed by atoms with van der Waals surface area (Å²) in [5, 5.41) is 14.3. The highest BCUT2D eigenvalue weighted by atomic mass is 35.5. The third-order valence-corrected chi connectivity index (χ3v) is 4.78. The Morgan fingerprint density at radius 3 is 2.54 bits per heavy atom. The summed E-state index contributed by atoms with van der Waals surface area (Å²) in [6.07, 6.45) is 4.34. The standard InChI is InChI=1S/C18H20ClN3O2/c19-16-4-2-1-3-15(16)18(24)7-11-22(12-8-18)17(23)21-13-14-5-9-20-10-6-14/h1-6,9-10,24H,7-8,11-13H2,(H,21,23). The zero-order chi connectivity index (χ0) is 17.0. The van der Waals surface area contributed by atoms with Gasteiger partial charge in [-0.05, 0) is 36.6 Å². The number of nitrogens with one attached hydrogen (secondary N) is 1. The Balaban J connectivity index is 1.56. The molecule has 0 bridgehead atoms. The number of aromatic nitrogens is 1. The highest BCUT2D eigenvalue weighted by molar-refractivity contribution is 6.31. The van der Waals surface area contributed by atoms with Crippen molar-refractivity contribution in [2.75, 3.05) is 13.1 Å². The molecule has 0 unspecified atom stereocenters. The lowest BCUT2D eigenvalue weighted by atomic mass is 9.84. The first-order chi connectivity index (χ1) is 11.6. The van der Waals surface area contributed by atoms with Gasteiger partial charge in [-0.25, -0.2) is 4.79 Å². The molecule has 1 aliphatic heterocycles. The molecule has 126 valence electrons. The molecule has 0 spiro atoms. The lowest BCUT2D eigenvalue weighted by Crippen LogP contribution is -2.48. The fourth-order valence-corrected chi connectivity index (χ4v) is 3.29. The van der Waals surface area contributed by atoms with Gasteiger partial charge < -0.3 is 15.3 Å². The van der Waals surface area contributed by atoms with E-state index < -0.39 is 5.60 Å². The number of nitrogens with zero attached hydrogens (tertiary/aromatic N) is 2. The Labute approximate surface area is 146 Å². The van der Waals surface area contributed by atoms with Crippen LogP contribution in [0.1, 0.15) is 24.0 Å². The van der Waals surface area contributed by atoms with Crippen molar-refractivity contribution in [1.82, 2.24) is 15.2 Å². The van der Waals surface area contributed by atoms with Crippen LogP contribution in [-0.2, 0) is 12.1 Å². The van der Waals surface area contributed by atoms with Crippen LogP contribution in [0, 0.1) is 0 Å². The van der Waals surface area contributed by atoms with Crippen LogP contribution >= 0.6 is 11.6 Å². The summed E-state index contributed by atoms with van der Waals surface area (Å²) in [5.41, 5.74) is 0.770. The highest BCUT2D eigenvalue weighted by Gasteiger charge is 2.36. The lowest BCUT2D eigenvalue weighted by molar-refractivity contribution is -0.0167. The number of halogens is 1. The molecule has 0 aliphatic carbocycles. The minimum absolute atomic E-state index is 0.118.